The molecule has 1 aliphatic rings. The summed E-state index contributed by atoms with van der Waals surface area (Å²) in [6.45, 7) is 1.07. The molecular weight excluding hydrogens is 347 g/mol. The second-order valence-electron chi connectivity index (χ2n) is 6.36. The number of carbonyl (C=O) groups is 1. The lowest BCUT2D eigenvalue weighted by molar-refractivity contribution is -0.137. The molecule has 1 unspecified atom stereocenters. The van der Waals surface area contributed by atoms with E-state index in [-0.39, 0.29) is 24.0 Å². The van der Waals surface area contributed by atoms with Crippen LogP contribution in [-0.2, 0) is 19.8 Å². The number of aryl methyl sites for hydroxylation is 1. The van der Waals surface area contributed by atoms with Gasteiger partial charge in [-0.05, 0) is 31.0 Å². The summed E-state index contributed by atoms with van der Waals surface area (Å²) in [4.78, 5) is 18.1. The second kappa shape index (κ2) is 6.86. The number of carbonyl (C=O) groups excluding carboxylic acids is 1. The summed E-state index contributed by atoms with van der Waals surface area (Å²) in [7, 11) is 1.69. The number of amides is 2. The molecule has 138 valence electrons. The predicted molar refractivity (Wildman–Crippen MR) is 87.9 cm³/mol. The molecule has 0 radical (unpaired) electrons. The molecule has 1 fully saturated rings. The monoisotopic (exact) mass is 365 g/mol. The second-order valence-corrected chi connectivity index (χ2v) is 6.36. The number of nitriles is 1. The van der Waals surface area contributed by atoms with Crippen LogP contribution in [0.5, 0.6) is 0 Å². The van der Waals surface area contributed by atoms with Crippen LogP contribution in [0.4, 0.5) is 18.0 Å². The molecular formula is C17H18F3N5O. The smallest absolute Gasteiger partial charge is 0.331 e. The van der Waals surface area contributed by atoms with Gasteiger partial charge in [0.1, 0.15) is 5.82 Å². The van der Waals surface area contributed by atoms with Crippen molar-refractivity contribution in [3.05, 3.63) is 29.6 Å². The van der Waals surface area contributed by atoms with Gasteiger partial charge in [0, 0.05) is 20.1 Å². The molecule has 26 heavy (non-hydrogen) atoms. The average Bonchev–Trinajstić information content (AvgIpc) is 2.94. The van der Waals surface area contributed by atoms with Crippen LogP contribution in [0, 0.1) is 17.2 Å². The first-order chi connectivity index (χ1) is 12.3. The van der Waals surface area contributed by atoms with Crippen molar-refractivity contribution < 1.29 is 18.0 Å². The first kappa shape index (κ1) is 18.0. The Kier molecular flexibility index (Phi) is 4.76. The highest BCUT2D eigenvalue weighted by Crippen LogP contribution is 2.31. The molecule has 1 atom stereocenters. The van der Waals surface area contributed by atoms with E-state index in [1.54, 1.807) is 16.5 Å². The van der Waals surface area contributed by atoms with Crippen LogP contribution in [-0.4, -0.2) is 33.6 Å². The minimum absolute atomic E-state index is 0.0963. The lowest BCUT2D eigenvalue weighted by atomic mass is 10.0. The number of urea groups is 1. The topological polar surface area (TPSA) is 74.0 Å². The van der Waals surface area contributed by atoms with E-state index in [2.05, 4.69) is 16.4 Å². The van der Waals surface area contributed by atoms with E-state index in [0.29, 0.717) is 24.4 Å². The van der Waals surface area contributed by atoms with Gasteiger partial charge < -0.3 is 14.8 Å². The van der Waals surface area contributed by atoms with Gasteiger partial charge in [-0.2, -0.15) is 18.4 Å². The largest absolute Gasteiger partial charge is 0.416 e. The Morgan fingerprint density at radius 3 is 2.92 bits per heavy atom. The Labute approximate surface area is 148 Å². The molecule has 3 rings (SSSR count). The number of nitrogens with one attached hydrogen (secondary N) is 1. The number of halogens is 3. The van der Waals surface area contributed by atoms with Gasteiger partial charge in [0.15, 0.2) is 0 Å². The fourth-order valence-electron chi connectivity index (χ4n) is 3.12. The van der Waals surface area contributed by atoms with Crippen LogP contribution < -0.4 is 5.32 Å². The molecule has 2 heterocycles. The van der Waals surface area contributed by atoms with Crippen LogP contribution in [0.15, 0.2) is 18.2 Å². The van der Waals surface area contributed by atoms with Crippen LogP contribution in [0.2, 0.25) is 0 Å². The van der Waals surface area contributed by atoms with Crippen LogP contribution >= 0.6 is 0 Å². The Morgan fingerprint density at radius 2 is 2.23 bits per heavy atom. The van der Waals surface area contributed by atoms with Crippen molar-refractivity contribution in [1.29, 1.82) is 5.26 Å². The minimum atomic E-state index is -4.42. The number of benzene rings is 1. The molecule has 0 saturated carbocycles. The van der Waals surface area contributed by atoms with Gasteiger partial charge in [-0.25, -0.2) is 9.78 Å². The maximum atomic E-state index is 12.8. The van der Waals surface area contributed by atoms with Crippen molar-refractivity contribution in [3.8, 4) is 6.07 Å². The van der Waals surface area contributed by atoms with Crippen LogP contribution in [0.1, 0.15) is 24.2 Å². The Balaban J connectivity index is 1.72. The van der Waals surface area contributed by atoms with Crippen molar-refractivity contribution in [2.45, 2.75) is 25.6 Å². The van der Waals surface area contributed by atoms with Gasteiger partial charge in [0.05, 0.1) is 35.1 Å². The summed E-state index contributed by atoms with van der Waals surface area (Å²) in [5.41, 5.74) is 0.0356. The first-order valence-electron chi connectivity index (χ1n) is 8.24. The van der Waals surface area contributed by atoms with Gasteiger partial charge in [-0.3, -0.25) is 0 Å². The summed E-state index contributed by atoms with van der Waals surface area (Å²) >= 11 is 0. The van der Waals surface area contributed by atoms with Gasteiger partial charge in [-0.1, -0.05) is 0 Å². The van der Waals surface area contributed by atoms with Crippen LogP contribution in [0.3, 0.4) is 0 Å². The fraction of sp³-hybridized carbons (Fsp3) is 0.471. The summed E-state index contributed by atoms with van der Waals surface area (Å²) in [5.74, 6) is 0.299. The summed E-state index contributed by atoms with van der Waals surface area (Å²) in [5, 5.41) is 11.7. The molecule has 1 aromatic carbocycles. The maximum Gasteiger partial charge on any atom is 0.416 e. The summed E-state index contributed by atoms with van der Waals surface area (Å²) in [6, 6.07) is 5.27. The lowest BCUT2D eigenvalue weighted by Crippen LogP contribution is -2.45. The zero-order chi connectivity index (χ0) is 18.9. The number of imidazole rings is 1. The number of nitrogens with zero attached hydrogens (tertiary/aromatic N) is 4. The molecule has 1 aliphatic heterocycles. The highest BCUT2D eigenvalue weighted by molar-refractivity contribution is 5.77. The van der Waals surface area contributed by atoms with Crippen molar-refractivity contribution in [2.24, 2.45) is 13.0 Å². The lowest BCUT2D eigenvalue weighted by Gasteiger charge is -2.29. The Bertz CT molecular complexity index is 868. The normalized spacial score (nSPS) is 18.0. The molecule has 0 bridgehead atoms. The average molecular weight is 365 g/mol. The molecule has 1 aromatic heterocycles. The van der Waals surface area contributed by atoms with E-state index >= 15 is 0 Å². The van der Waals surface area contributed by atoms with E-state index in [1.807, 2.05) is 0 Å². The fourth-order valence-corrected chi connectivity index (χ4v) is 3.12. The van der Waals surface area contributed by atoms with E-state index in [4.69, 9.17) is 5.26 Å². The van der Waals surface area contributed by atoms with E-state index < -0.39 is 11.7 Å². The number of aromatic nitrogens is 2. The predicted octanol–water partition coefficient (Wildman–Crippen LogP) is 3.04. The van der Waals surface area contributed by atoms with Crippen molar-refractivity contribution >= 4 is 17.1 Å². The maximum absolute atomic E-state index is 12.8. The number of fused-ring (bicyclic) bond motifs is 1. The number of hydrogen-bond acceptors (Lipinski definition) is 3. The van der Waals surface area contributed by atoms with Gasteiger partial charge >= 0.3 is 12.2 Å². The van der Waals surface area contributed by atoms with Crippen molar-refractivity contribution in [3.63, 3.8) is 0 Å². The first-order valence-corrected chi connectivity index (χ1v) is 8.24. The highest BCUT2D eigenvalue weighted by Gasteiger charge is 2.31. The third kappa shape index (κ3) is 3.59. The molecule has 0 spiro atoms. The SMILES string of the molecule is Cn1c(CNC(=O)N2CCCC(C#N)C2)nc2cc(C(F)(F)F)ccc21. The standard InChI is InChI=1S/C17H18F3N5O/c1-24-14-5-4-12(17(18,19)20)7-13(14)23-15(24)9-22-16(26)25-6-2-3-11(8-21)10-25/h4-5,7,11H,2-3,6,9-10H2,1H3,(H,22,26). The van der Waals surface area contributed by atoms with E-state index in [9.17, 15) is 18.0 Å². The Morgan fingerprint density at radius 1 is 1.46 bits per heavy atom. The van der Waals surface area contributed by atoms with Gasteiger partial charge in [0.25, 0.3) is 0 Å². The van der Waals surface area contributed by atoms with E-state index in [0.717, 1.165) is 25.0 Å². The zero-order valence-electron chi connectivity index (χ0n) is 14.2. The third-order valence-electron chi connectivity index (χ3n) is 4.59. The minimum Gasteiger partial charge on any atom is -0.331 e. The Hall–Kier alpha value is -2.76. The zero-order valence-corrected chi connectivity index (χ0v) is 14.2. The van der Waals surface area contributed by atoms with Gasteiger partial charge in [-0.15, -0.1) is 0 Å². The number of piperidine rings is 1. The highest BCUT2D eigenvalue weighted by atomic mass is 19.4. The molecule has 1 saturated heterocycles. The van der Waals surface area contributed by atoms with Crippen LogP contribution in [0.25, 0.3) is 11.0 Å². The summed E-state index contributed by atoms with van der Waals surface area (Å²) in [6.07, 6.45) is -2.86. The number of alkyl halides is 3. The molecule has 6 nitrogen and oxygen atoms in total. The number of hydrogen-bond donors (Lipinski definition) is 1. The van der Waals surface area contributed by atoms with Gasteiger partial charge in [0.2, 0.25) is 0 Å². The van der Waals surface area contributed by atoms with Crippen molar-refractivity contribution in [1.82, 2.24) is 19.8 Å². The quantitative estimate of drug-likeness (QED) is 0.889. The van der Waals surface area contributed by atoms with Crippen molar-refractivity contribution in [2.75, 3.05) is 13.1 Å². The summed E-state index contributed by atoms with van der Waals surface area (Å²) < 4.78 is 40.1. The number of rotatable bonds is 2. The molecule has 2 amide bonds. The third-order valence-corrected chi connectivity index (χ3v) is 4.59. The molecule has 1 N–H and O–H groups in total. The van der Waals surface area contributed by atoms with E-state index in [1.165, 1.54) is 6.07 Å². The number of likely N-dealkylation sites (tertiary alicyclic amines) is 1. The molecule has 0 aliphatic carbocycles. The molecule has 9 heteroatoms. The molecule has 2 aromatic rings.